The summed E-state index contributed by atoms with van der Waals surface area (Å²) in [5, 5.41) is 6.48. The molecule has 1 N–H and O–H groups in total. The van der Waals surface area contributed by atoms with E-state index >= 15 is 0 Å². The summed E-state index contributed by atoms with van der Waals surface area (Å²) in [7, 11) is 0. The van der Waals surface area contributed by atoms with Crippen molar-refractivity contribution in [1.82, 2.24) is 10.1 Å². The molecule has 9 heteroatoms. The molecule has 32 heavy (non-hydrogen) atoms. The molecule has 1 fully saturated rings. The van der Waals surface area contributed by atoms with Crippen LogP contribution in [0.1, 0.15) is 32.0 Å². The Hall–Kier alpha value is -3.72. The van der Waals surface area contributed by atoms with E-state index < -0.39 is 5.91 Å². The first kappa shape index (κ1) is 21.5. The Labute approximate surface area is 183 Å². The van der Waals surface area contributed by atoms with Crippen molar-refractivity contribution >= 4 is 17.5 Å². The molecule has 0 saturated carbocycles. The number of nitrogens with one attached hydrogen (secondary N) is 1. The van der Waals surface area contributed by atoms with Crippen molar-refractivity contribution in [2.24, 2.45) is 0 Å². The average molecular weight is 439 g/mol. The average Bonchev–Trinajstić information content (AvgIpc) is 3.22. The fourth-order valence-electron chi connectivity index (χ4n) is 3.26. The molecular formula is C23H22FN3O5. The van der Waals surface area contributed by atoms with E-state index in [0.717, 1.165) is 5.56 Å². The van der Waals surface area contributed by atoms with Crippen LogP contribution in [-0.4, -0.2) is 48.2 Å². The third-order valence-corrected chi connectivity index (χ3v) is 5.08. The van der Waals surface area contributed by atoms with Gasteiger partial charge in [0.1, 0.15) is 35.8 Å². The fourth-order valence-corrected chi connectivity index (χ4v) is 3.26. The van der Waals surface area contributed by atoms with Gasteiger partial charge in [0.15, 0.2) is 0 Å². The second-order valence-electron chi connectivity index (χ2n) is 7.30. The molecule has 1 aliphatic heterocycles. The van der Waals surface area contributed by atoms with Gasteiger partial charge in [0.05, 0.1) is 18.8 Å². The number of nitrogens with zero attached hydrogens (tertiary/aromatic N) is 2. The van der Waals surface area contributed by atoms with Gasteiger partial charge in [-0.25, -0.2) is 4.39 Å². The second kappa shape index (κ2) is 9.61. The summed E-state index contributed by atoms with van der Waals surface area (Å²) >= 11 is 0. The Morgan fingerprint density at radius 1 is 1.16 bits per heavy atom. The number of ether oxygens (including phenoxy) is 2. The molecular weight excluding hydrogens is 417 g/mol. The number of aryl methyl sites for hydroxylation is 1. The lowest BCUT2D eigenvalue weighted by molar-refractivity contribution is 0.0303. The molecule has 3 aromatic rings. The standard InChI is InChI=1S/C23H22FN3O5/c1-15-20(14-32-26-15)25-22(28)19-12-17(23(29)27-8-10-30-11-9-27)4-7-21(19)31-13-16-2-5-18(24)6-3-16/h2-7,12,14H,8-11,13H2,1H3,(H,25,28). The van der Waals surface area contributed by atoms with Crippen molar-refractivity contribution < 1.29 is 28.0 Å². The van der Waals surface area contributed by atoms with Crippen LogP contribution in [-0.2, 0) is 11.3 Å². The summed E-state index contributed by atoms with van der Waals surface area (Å²) < 4.78 is 29.2. The molecule has 1 aliphatic rings. The Morgan fingerprint density at radius 2 is 1.91 bits per heavy atom. The molecule has 2 amide bonds. The maximum atomic E-state index is 13.2. The van der Waals surface area contributed by atoms with Crippen LogP contribution in [0.2, 0.25) is 0 Å². The highest BCUT2D eigenvalue weighted by Gasteiger charge is 2.22. The molecule has 0 spiro atoms. The molecule has 166 valence electrons. The Balaban J connectivity index is 1.59. The maximum Gasteiger partial charge on any atom is 0.259 e. The summed E-state index contributed by atoms with van der Waals surface area (Å²) in [6, 6.07) is 10.6. The maximum absolute atomic E-state index is 13.2. The third kappa shape index (κ3) is 4.94. The molecule has 0 unspecified atom stereocenters. The number of carbonyl (C=O) groups is 2. The monoisotopic (exact) mass is 439 g/mol. The van der Waals surface area contributed by atoms with Crippen LogP contribution < -0.4 is 10.1 Å². The first-order valence-corrected chi connectivity index (χ1v) is 10.1. The molecule has 0 bridgehead atoms. The van der Waals surface area contributed by atoms with Crippen LogP contribution in [0.5, 0.6) is 5.75 Å². The highest BCUT2D eigenvalue weighted by molar-refractivity contribution is 6.08. The number of anilines is 1. The van der Waals surface area contributed by atoms with E-state index in [1.54, 1.807) is 36.1 Å². The number of halogens is 1. The van der Waals surface area contributed by atoms with Gasteiger partial charge in [-0.2, -0.15) is 0 Å². The number of morpholine rings is 1. The first-order chi connectivity index (χ1) is 15.5. The predicted molar refractivity (Wildman–Crippen MR) is 113 cm³/mol. The topological polar surface area (TPSA) is 93.9 Å². The quantitative estimate of drug-likeness (QED) is 0.633. The minimum absolute atomic E-state index is 0.129. The summed E-state index contributed by atoms with van der Waals surface area (Å²) in [6.45, 7) is 3.76. The van der Waals surface area contributed by atoms with Gasteiger partial charge < -0.3 is 24.2 Å². The molecule has 2 heterocycles. The van der Waals surface area contributed by atoms with Crippen LogP contribution >= 0.6 is 0 Å². The van der Waals surface area contributed by atoms with Crippen LogP contribution in [0.3, 0.4) is 0 Å². The van der Waals surface area contributed by atoms with E-state index in [1.807, 2.05) is 0 Å². The van der Waals surface area contributed by atoms with Gasteiger partial charge in [0, 0.05) is 18.7 Å². The van der Waals surface area contributed by atoms with Gasteiger partial charge in [0.2, 0.25) is 0 Å². The molecule has 1 aromatic heterocycles. The minimum Gasteiger partial charge on any atom is -0.488 e. The van der Waals surface area contributed by atoms with Gasteiger partial charge in [0.25, 0.3) is 11.8 Å². The molecule has 0 aliphatic carbocycles. The van der Waals surface area contributed by atoms with E-state index in [-0.39, 0.29) is 23.9 Å². The fraction of sp³-hybridized carbons (Fsp3) is 0.261. The number of aromatic nitrogens is 1. The second-order valence-corrected chi connectivity index (χ2v) is 7.30. The molecule has 8 nitrogen and oxygen atoms in total. The SMILES string of the molecule is Cc1nocc1NC(=O)c1cc(C(=O)N2CCOCC2)ccc1OCc1ccc(F)cc1. The highest BCUT2D eigenvalue weighted by Crippen LogP contribution is 2.25. The lowest BCUT2D eigenvalue weighted by atomic mass is 10.1. The lowest BCUT2D eigenvalue weighted by Gasteiger charge is -2.27. The molecule has 0 atom stereocenters. The van der Waals surface area contributed by atoms with E-state index in [2.05, 4.69) is 10.5 Å². The predicted octanol–water partition coefficient (Wildman–Crippen LogP) is 3.43. The number of carbonyl (C=O) groups excluding carboxylic acids is 2. The smallest absolute Gasteiger partial charge is 0.259 e. The minimum atomic E-state index is -0.470. The van der Waals surface area contributed by atoms with Gasteiger partial charge >= 0.3 is 0 Å². The molecule has 0 radical (unpaired) electrons. The van der Waals surface area contributed by atoms with E-state index in [0.29, 0.717) is 49.0 Å². The normalized spacial score (nSPS) is 13.6. The zero-order valence-electron chi connectivity index (χ0n) is 17.5. The van der Waals surface area contributed by atoms with Crippen LogP contribution in [0.4, 0.5) is 10.1 Å². The Bertz CT molecular complexity index is 1110. The van der Waals surface area contributed by atoms with Crippen LogP contribution in [0.25, 0.3) is 0 Å². The van der Waals surface area contributed by atoms with Crippen molar-refractivity contribution in [1.29, 1.82) is 0 Å². The van der Waals surface area contributed by atoms with E-state index in [1.165, 1.54) is 24.5 Å². The van der Waals surface area contributed by atoms with Crippen molar-refractivity contribution in [3.63, 3.8) is 0 Å². The largest absolute Gasteiger partial charge is 0.488 e. The van der Waals surface area contributed by atoms with Gasteiger partial charge in [-0.3, -0.25) is 9.59 Å². The van der Waals surface area contributed by atoms with Crippen molar-refractivity contribution in [2.75, 3.05) is 31.6 Å². The summed E-state index contributed by atoms with van der Waals surface area (Å²) in [5.74, 6) is -0.709. The lowest BCUT2D eigenvalue weighted by Crippen LogP contribution is -2.40. The number of benzene rings is 2. The molecule has 4 rings (SSSR count). The number of hydrogen-bond acceptors (Lipinski definition) is 6. The van der Waals surface area contributed by atoms with Gasteiger partial charge in [-0.05, 0) is 42.8 Å². The molecule has 2 aromatic carbocycles. The van der Waals surface area contributed by atoms with Crippen LogP contribution in [0.15, 0.2) is 53.3 Å². The van der Waals surface area contributed by atoms with Crippen molar-refractivity contribution in [2.45, 2.75) is 13.5 Å². The van der Waals surface area contributed by atoms with Crippen LogP contribution in [0, 0.1) is 12.7 Å². The first-order valence-electron chi connectivity index (χ1n) is 10.1. The zero-order valence-corrected chi connectivity index (χ0v) is 17.5. The van der Waals surface area contributed by atoms with Crippen molar-refractivity contribution in [3.05, 3.63) is 76.9 Å². The van der Waals surface area contributed by atoms with Crippen molar-refractivity contribution in [3.8, 4) is 5.75 Å². The number of rotatable bonds is 6. The molecule has 1 saturated heterocycles. The van der Waals surface area contributed by atoms with Gasteiger partial charge in [-0.15, -0.1) is 0 Å². The van der Waals surface area contributed by atoms with E-state index in [9.17, 15) is 14.0 Å². The van der Waals surface area contributed by atoms with E-state index in [4.69, 9.17) is 14.0 Å². The number of hydrogen-bond donors (Lipinski definition) is 1. The third-order valence-electron chi connectivity index (χ3n) is 5.08. The highest BCUT2D eigenvalue weighted by atomic mass is 19.1. The zero-order chi connectivity index (χ0) is 22.5. The Kier molecular flexibility index (Phi) is 6.46. The Morgan fingerprint density at radius 3 is 2.59 bits per heavy atom. The summed E-state index contributed by atoms with van der Waals surface area (Å²) in [4.78, 5) is 27.6. The summed E-state index contributed by atoms with van der Waals surface area (Å²) in [5.41, 5.74) is 2.23. The number of amides is 2. The summed E-state index contributed by atoms with van der Waals surface area (Å²) in [6.07, 6.45) is 1.33. The van der Waals surface area contributed by atoms with Gasteiger partial charge in [-0.1, -0.05) is 17.3 Å².